The van der Waals surface area contributed by atoms with E-state index in [-0.39, 0.29) is 5.75 Å². The van der Waals surface area contributed by atoms with Crippen LogP contribution in [0.25, 0.3) is 16.8 Å². The fraction of sp³-hybridized carbons (Fsp3) is 0.0714. The molecule has 0 aliphatic rings. The van der Waals surface area contributed by atoms with Gasteiger partial charge in [0.25, 0.3) is 0 Å². The van der Waals surface area contributed by atoms with Crippen molar-refractivity contribution in [1.82, 2.24) is 0 Å². The third-order valence-electron chi connectivity index (χ3n) is 2.56. The Morgan fingerprint density at radius 2 is 1.95 bits per heavy atom. The van der Waals surface area contributed by atoms with Gasteiger partial charge in [-0.15, -0.1) is 0 Å². The lowest BCUT2D eigenvalue weighted by Crippen LogP contribution is -2.06. The number of hydrogen-bond donors (Lipinski definition) is 1. The molecule has 2 N–H and O–H groups in total. The van der Waals surface area contributed by atoms with E-state index in [2.05, 4.69) is 4.74 Å². The average Bonchev–Trinajstić information content (AvgIpc) is 2.36. The number of carbonyl (C=O) groups excluding carboxylic acids is 1. The van der Waals surface area contributed by atoms with Gasteiger partial charge in [0.1, 0.15) is 5.75 Å². The molecule has 0 aliphatic heterocycles. The molecular weight excluding hydrogens is 252 g/mol. The van der Waals surface area contributed by atoms with E-state index in [9.17, 15) is 13.6 Å². The van der Waals surface area contributed by atoms with Gasteiger partial charge in [0.15, 0.2) is 0 Å². The number of hydrogen-bond acceptors (Lipinski definition) is 2. The molecule has 0 atom stereocenters. The third-order valence-corrected chi connectivity index (χ3v) is 2.56. The number of fused-ring (bicyclic) bond motifs is 1. The van der Waals surface area contributed by atoms with Gasteiger partial charge in [-0.25, -0.2) is 0 Å². The van der Waals surface area contributed by atoms with Crippen molar-refractivity contribution in [2.24, 2.45) is 5.73 Å². The van der Waals surface area contributed by atoms with Crippen LogP contribution in [0, 0.1) is 0 Å². The van der Waals surface area contributed by atoms with Crippen molar-refractivity contribution in [2.75, 3.05) is 0 Å². The van der Waals surface area contributed by atoms with E-state index >= 15 is 0 Å². The summed E-state index contributed by atoms with van der Waals surface area (Å²) < 4.78 is 29.2. The van der Waals surface area contributed by atoms with Crippen molar-refractivity contribution in [3.05, 3.63) is 48.0 Å². The van der Waals surface area contributed by atoms with E-state index in [0.29, 0.717) is 10.9 Å². The highest BCUT2D eigenvalue weighted by Crippen LogP contribution is 2.30. The minimum absolute atomic E-state index is 0.00574. The number of primary amides is 1. The summed E-state index contributed by atoms with van der Waals surface area (Å²) >= 11 is 0. The Bertz CT molecular complexity index is 638. The number of carbonyl (C=O) groups is 1. The fourth-order valence-corrected chi connectivity index (χ4v) is 1.81. The average molecular weight is 263 g/mol. The number of nitrogens with two attached hydrogens (primary N) is 1. The van der Waals surface area contributed by atoms with E-state index in [1.54, 1.807) is 18.2 Å². The van der Waals surface area contributed by atoms with E-state index < -0.39 is 12.5 Å². The normalized spacial score (nSPS) is 11.3. The largest absolute Gasteiger partial charge is 0.434 e. The van der Waals surface area contributed by atoms with Crippen LogP contribution in [-0.4, -0.2) is 12.5 Å². The second kappa shape index (κ2) is 5.48. The minimum Gasteiger partial charge on any atom is -0.434 e. The van der Waals surface area contributed by atoms with Crippen LogP contribution >= 0.6 is 0 Å². The molecule has 0 saturated heterocycles. The number of amides is 1. The van der Waals surface area contributed by atoms with Crippen LogP contribution in [-0.2, 0) is 4.79 Å². The summed E-state index contributed by atoms with van der Waals surface area (Å²) in [6.07, 6.45) is 2.49. The monoisotopic (exact) mass is 263 g/mol. The first-order chi connectivity index (χ1) is 9.08. The maximum Gasteiger partial charge on any atom is 0.387 e. The molecular formula is C14H11F2NO2. The van der Waals surface area contributed by atoms with Gasteiger partial charge < -0.3 is 10.5 Å². The molecule has 0 saturated carbocycles. The highest BCUT2D eigenvalue weighted by molar-refractivity contribution is 5.97. The fourth-order valence-electron chi connectivity index (χ4n) is 1.81. The van der Waals surface area contributed by atoms with E-state index in [0.717, 1.165) is 11.5 Å². The standard InChI is InChI=1S/C14H11F2NO2/c15-14(16)19-12-7-5-9-3-1-2-4-10(9)11(12)6-8-13(17)18/h1-8,14H,(H2,17,18)/b8-6+. The van der Waals surface area contributed by atoms with Crippen LogP contribution in [0.2, 0.25) is 0 Å². The lowest BCUT2D eigenvalue weighted by Gasteiger charge is -2.10. The van der Waals surface area contributed by atoms with Crippen LogP contribution in [0.3, 0.4) is 0 Å². The Morgan fingerprint density at radius 1 is 1.21 bits per heavy atom. The highest BCUT2D eigenvalue weighted by atomic mass is 19.3. The van der Waals surface area contributed by atoms with Gasteiger partial charge in [-0.2, -0.15) is 8.78 Å². The summed E-state index contributed by atoms with van der Waals surface area (Å²) in [4.78, 5) is 10.8. The van der Waals surface area contributed by atoms with Crippen LogP contribution in [0.15, 0.2) is 42.5 Å². The number of halogens is 2. The molecule has 0 aromatic heterocycles. The summed E-state index contributed by atoms with van der Waals surface area (Å²) in [6, 6.07) is 10.3. The zero-order valence-corrected chi connectivity index (χ0v) is 9.85. The van der Waals surface area contributed by atoms with Gasteiger partial charge in [-0.05, 0) is 22.9 Å². The SMILES string of the molecule is NC(=O)/C=C/c1c(OC(F)F)ccc2ccccc12. The molecule has 0 aliphatic carbocycles. The van der Waals surface area contributed by atoms with Crippen molar-refractivity contribution >= 4 is 22.8 Å². The molecule has 1 amide bonds. The number of benzene rings is 2. The molecule has 3 nitrogen and oxygen atoms in total. The molecule has 0 heterocycles. The summed E-state index contributed by atoms with van der Waals surface area (Å²) in [6.45, 7) is -2.93. The summed E-state index contributed by atoms with van der Waals surface area (Å²) in [5.74, 6) is -0.651. The predicted molar refractivity (Wildman–Crippen MR) is 68.8 cm³/mol. The van der Waals surface area contributed by atoms with Crippen LogP contribution in [0.1, 0.15) is 5.56 Å². The Kier molecular flexibility index (Phi) is 3.75. The van der Waals surface area contributed by atoms with Gasteiger partial charge in [-0.1, -0.05) is 30.3 Å². The van der Waals surface area contributed by atoms with Crippen molar-refractivity contribution in [1.29, 1.82) is 0 Å². The van der Waals surface area contributed by atoms with Crippen molar-refractivity contribution in [3.8, 4) is 5.75 Å². The molecule has 2 rings (SSSR count). The molecule has 0 fully saturated rings. The molecule has 2 aromatic carbocycles. The zero-order valence-electron chi connectivity index (χ0n) is 9.85. The smallest absolute Gasteiger partial charge is 0.387 e. The van der Waals surface area contributed by atoms with Crippen molar-refractivity contribution in [2.45, 2.75) is 6.61 Å². The maximum absolute atomic E-state index is 12.4. The third kappa shape index (κ3) is 3.07. The van der Waals surface area contributed by atoms with Gasteiger partial charge in [0.05, 0.1) is 0 Å². The molecule has 5 heteroatoms. The molecule has 0 spiro atoms. The van der Waals surface area contributed by atoms with Crippen LogP contribution in [0.5, 0.6) is 5.75 Å². The topological polar surface area (TPSA) is 52.3 Å². The van der Waals surface area contributed by atoms with E-state index in [1.807, 2.05) is 12.1 Å². The van der Waals surface area contributed by atoms with E-state index in [1.165, 1.54) is 12.1 Å². The number of rotatable bonds is 4. The molecule has 0 unspecified atom stereocenters. The first kappa shape index (κ1) is 13.0. The number of ether oxygens (including phenoxy) is 1. The molecule has 0 bridgehead atoms. The zero-order chi connectivity index (χ0) is 13.8. The Labute approximate surface area is 108 Å². The quantitative estimate of drug-likeness (QED) is 0.862. The molecule has 98 valence electrons. The Balaban J connectivity index is 2.60. The lowest BCUT2D eigenvalue weighted by molar-refractivity contribution is -0.113. The van der Waals surface area contributed by atoms with Crippen LogP contribution < -0.4 is 10.5 Å². The second-order valence-electron chi connectivity index (χ2n) is 3.81. The summed E-state index contributed by atoms with van der Waals surface area (Å²) in [7, 11) is 0. The molecule has 0 radical (unpaired) electrons. The second-order valence-corrected chi connectivity index (χ2v) is 3.81. The van der Waals surface area contributed by atoms with Gasteiger partial charge in [-0.3, -0.25) is 4.79 Å². The van der Waals surface area contributed by atoms with Crippen molar-refractivity contribution < 1.29 is 18.3 Å². The number of alkyl halides is 2. The van der Waals surface area contributed by atoms with Crippen molar-refractivity contribution in [3.63, 3.8) is 0 Å². The lowest BCUT2D eigenvalue weighted by atomic mass is 10.0. The highest BCUT2D eigenvalue weighted by Gasteiger charge is 2.11. The molecule has 19 heavy (non-hydrogen) atoms. The summed E-state index contributed by atoms with van der Waals surface area (Å²) in [5.41, 5.74) is 5.42. The predicted octanol–water partition coefficient (Wildman–Crippen LogP) is 2.94. The summed E-state index contributed by atoms with van der Waals surface area (Å²) in [5, 5.41) is 1.56. The Hall–Kier alpha value is -2.43. The van der Waals surface area contributed by atoms with E-state index in [4.69, 9.17) is 5.73 Å². The van der Waals surface area contributed by atoms with Gasteiger partial charge in [0.2, 0.25) is 5.91 Å². The maximum atomic E-state index is 12.4. The molecule has 2 aromatic rings. The van der Waals surface area contributed by atoms with Crippen LogP contribution in [0.4, 0.5) is 8.78 Å². The first-order valence-electron chi connectivity index (χ1n) is 5.52. The Morgan fingerprint density at radius 3 is 2.63 bits per heavy atom. The van der Waals surface area contributed by atoms with Gasteiger partial charge >= 0.3 is 6.61 Å². The first-order valence-corrected chi connectivity index (χ1v) is 5.52. The van der Waals surface area contributed by atoms with Gasteiger partial charge in [0, 0.05) is 11.6 Å². The minimum atomic E-state index is -2.93.